The number of hydrogen-bond donors (Lipinski definition) is 1. The lowest BCUT2D eigenvalue weighted by Crippen LogP contribution is -2.24. The molecule has 1 aromatic carbocycles. The van der Waals surface area contributed by atoms with Gasteiger partial charge < -0.3 is 9.09 Å². The maximum Gasteiger partial charge on any atom is 0.261 e. The van der Waals surface area contributed by atoms with Crippen molar-refractivity contribution in [1.82, 2.24) is 19.4 Å². The molecule has 9 heteroatoms. The van der Waals surface area contributed by atoms with E-state index in [0.717, 1.165) is 0 Å². The fraction of sp³-hybridized carbons (Fsp3) is 0.333. The lowest BCUT2D eigenvalue weighted by atomic mass is 10.2. The number of sulfonamides is 1. The molecule has 7 nitrogen and oxygen atoms in total. The van der Waals surface area contributed by atoms with Crippen molar-refractivity contribution in [2.75, 3.05) is 0 Å². The number of aryl methyl sites for hydroxylation is 1. The molecule has 1 N–H and O–H groups in total. The van der Waals surface area contributed by atoms with Gasteiger partial charge in [0.25, 0.3) is 5.89 Å². The van der Waals surface area contributed by atoms with Gasteiger partial charge in [-0.15, -0.1) is 0 Å². The number of benzene rings is 1. The lowest BCUT2D eigenvalue weighted by molar-refractivity contribution is 0.422. The Balaban J connectivity index is 2.01. The molecule has 27 heavy (non-hydrogen) atoms. The number of nitrogens with zero attached hydrogens (tertiary/aromatic N) is 3. The van der Waals surface area contributed by atoms with E-state index in [2.05, 4.69) is 14.9 Å². The monoisotopic (exact) mass is 392 g/mol. The quantitative estimate of drug-likeness (QED) is 0.697. The molecule has 0 bridgehead atoms. The number of hydrogen-bond acceptors (Lipinski definition) is 5. The van der Waals surface area contributed by atoms with Gasteiger partial charge in [-0.25, -0.2) is 17.5 Å². The van der Waals surface area contributed by atoms with E-state index >= 15 is 0 Å². The Kier molecular flexibility index (Phi) is 5.16. The van der Waals surface area contributed by atoms with Crippen molar-refractivity contribution in [3.63, 3.8) is 0 Å². The summed E-state index contributed by atoms with van der Waals surface area (Å²) < 4.78 is 48.8. The smallest absolute Gasteiger partial charge is 0.261 e. The van der Waals surface area contributed by atoms with Gasteiger partial charge in [0, 0.05) is 31.4 Å². The Bertz CT molecular complexity index is 1070. The third kappa shape index (κ3) is 3.65. The van der Waals surface area contributed by atoms with Gasteiger partial charge in [-0.2, -0.15) is 4.98 Å². The number of nitrogens with one attached hydrogen (secondary N) is 1. The summed E-state index contributed by atoms with van der Waals surface area (Å²) in [5.41, 5.74) is 2.32. The van der Waals surface area contributed by atoms with Gasteiger partial charge in [-0.05, 0) is 31.5 Å². The van der Waals surface area contributed by atoms with Crippen LogP contribution in [0.5, 0.6) is 0 Å². The van der Waals surface area contributed by atoms with Crippen LogP contribution < -0.4 is 4.72 Å². The molecule has 144 valence electrons. The predicted octanol–water partition coefficient (Wildman–Crippen LogP) is 2.87. The van der Waals surface area contributed by atoms with Crippen LogP contribution in [0, 0.1) is 19.7 Å². The van der Waals surface area contributed by atoms with Gasteiger partial charge in [0.1, 0.15) is 10.7 Å². The van der Waals surface area contributed by atoms with Crippen molar-refractivity contribution in [3.05, 3.63) is 52.9 Å². The van der Waals surface area contributed by atoms with Crippen molar-refractivity contribution in [3.8, 4) is 11.5 Å². The van der Waals surface area contributed by atoms with E-state index < -0.39 is 10.0 Å². The van der Waals surface area contributed by atoms with Gasteiger partial charge in [-0.1, -0.05) is 24.2 Å². The van der Waals surface area contributed by atoms with Crippen LogP contribution in [0.1, 0.15) is 29.7 Å². The van der Waals surface area contributed by atoms with Crippen LogP contribution in [0.25, 0.3) is 11.5 Å². The highest BCUT2D eigenvalue weighted by Crippen LogP contribution is 2.34. The third-order valence-electron chi connectivity index (χ3n) is 4.57. The lowest BCUT2D eigenvalue weighted by Gasteiger charge is -2.08. The molecule has 0 saturated heterocycles. The van der Waals surface area contributed by atoms with Gasteiger partial charge in [0.05, 0.1) is 5.56 Å². The zero-order valence-corrected chi connectivity index (χ0v) is 16.4. The minimum absolute atomic E-state index is 0.0411. The highest BCUT2D eigenvalue weighted by Gasteiger charge is 2.30. The number of halogens is 1. The van der Waals surface area contributed by atoms with Gasteiger partial charge in [0.15, 0.2) is 5.82 Å². The summed E-state index contributed by atoms with van der Waals surface area (Å²) in [6.45, 7) is 5.45. The molecule has 0 aliphatic carbocycles. The summed E-state index contributed by atoms with van der Waals surface area (Å²) in [6, 6.07) is 5.65. The average Bonchev–Trinajstić information content (AvgIpc) is 3.20. The Morgan fingerprint density at radius 1 is 1.19 bits per heavy atom. The van der Waals surface area contributed by atoms with Crippen molar-refractivity contribution in [2.24, 2.45) is 7.05 Å². The first-order valence-electron chi connectivity index (χ1n) is 8.47. The van der Waals surface area contributed by atoms with Crippen molar-refractivity contribution >= 4 is 10.0 Å². The fourth-order valence-electron chi connectivity index (χ4n) is 2.85. The van der Waals surface area contributed by atoms with Crippen LogP contribution in [0.4, 0.5) is 4.39 Å². The molecule has 0 amide bonds. The first kappa shape index (κ1) is 19.2. The normalized spacial score (nSPS) is 11.9. The van der Waals surface area contributed by atoms with Crippen LogP contribution in [-0.4, -0.2) is 23.1 Å². The van der Waals surface area contributed by atoms with Crippen LogP contribution in [0.15, 0.2) is 33.7 Å². The van der Waals surface area contributed by atoms with E-state index in [-0.39, 0.29) is 23.1 Å². The van der Waals surface area contributed by atoms with Crippen LogP contribution in [-0.2, 0) is 30.0 Å². The molecule has 3 aromatic rings. The van der Waals surface area contributed by atoms with E-state index in [4.69, 9.17) is 4.52 Å². The molecule has 0 aliphatic rings. The molecule has 0 saturated carbocycles. The highest BCUT2D eigenvalue weighted by atomic mass is 32.2. The zero-order chi connectivity index (χ0) is 19.8. The largest absolute Gasteiger partial charge is 0.350 e. The second-order valence-electron chi connectivity index (χ2n) is 6.25. The van der Waals surface area contributed by atoms with E-state index in [1.165, 1.54) is 24.3 Å². The van der Waals surface area contributed by atoms with Crippen LogP contribution in [0.3, 0.4) is 0 Å². The van der Waals surface area contributed by atoms with E-state index in [9.17, 15) is 12.8 Å². The Morgan fingerprint density at radius 3 is 2.44 bits per heavy atom. The summed E-state index contributed by atoms with van der Waals surface area (Å²) in [7, 11) is -2.09. The van der Waals surface area contributed by atoms with Crippen LogP contribution >= 0.6 is 0 Å². The summed E-state index contributed by atoms with van der Waals surface area (Å²) in [6.07, 6.45) is 0.583. The highest BCUT2D eigenvalue weighted by molar-refractivity contribution is 7.89. The molecule has 2 heterocycles. The zero-order valence-electron chi connectivity index (χ0n) is 15.6. The second kappa shape index (κ2) is 7.24. The first-order valence-corrected chi connectivity index (χ1v) is 9.95. The molecule has 0 radical (unpaired) electrons. The molecular formula is C18H21FN4O3S. The molecule has 0 fully saturated rings. The minimum Gasteiger partial charge on any atom is -0.350 e. The van der Waals surface area contributed by atoms with Gasteiger partial charge in [-0.3, -0.25) is 0 Å². The Labute approximate surface area is 157 Å². The molecule has 0 atom stereocenters. The van der Waals surface area contributed by atoms with Crippen molar-refractivity contribution in [2.45, 2.75) is 38.6 Å². The Morgan fingerprint density at radius 2 is 1.85 bits per heavy atom. The third-order valence-corrected chi connectivity index (χ3v) is 6.13. The van der Waals surface area contributed by atoms with E-state index in [0.29, 0.717) is 34.8 Å². The summed E-state index contributed by atoms with van der Waals surface area (Å²) >= 11 is 0. The van der Waals surface area contributed by atoms with Crippen LogP contribution in [0.2, 0.25) is 0 Å². The molecule has 2 aromatic heterocycles. The van der Waals surface area contributed by atoms with Gasteiger partial charge in [0.2, 0.25) is 10.0 Å². The minimum atomic E-state index is -3.87. The predicted molar refractivity (Wildman–Crippen MR) is 98.0 cm³/mol. The van der Waals surface area contributed by atoms with E-state index in [1.54, 1.807) is 25.5 Å². The topological polar surface area (TPSA) is 90.0 Å². The second-order valence-corrected chi connectivity index (χ2v) is 7.96. The van der Waals surface area contributed by atoms with Crippen molar-refractivity contribution in [1.29, 1.82) is 0 Å². The maximum absolute atomic E-state index is 13.0. The van der Waals surface area contributed by atoms with Crippen molar-refractivity contribution < 1.29 is 17.3 Å². The number of rotatable bonds is 6. The molecule has 0 spiro atoms. The van der Waals surface area contributed by atoms with Gasteiger partial charge >= 0.3 is 0 Å². The number of aromatic nitrogens is 3. The van der Waals surface area contributed by atoms with E-state index in [1.807, 2.05) is 6.92 Å². The maximum atomic E-state index is 13.0. The fourth-order valence-corrected chi connectivity index (χ4v) is 4.38. The SMILES string of the molecule is CCc1noc(-c2c(S(=O)(=O)NCc3ccc(F)cc3)c(C)n(C)c2C)n1. The summed E-state index contributed by atoms with van der Waals surface area (Å²) in [5.74, 6) is 0.310. The molecule has 0 unspecified atom stereocenters. The molecule has 0 aliphatic heterocycles. The average molecular weight is 392 g/mol. The first-order chi connectivity index (χ1) is 12.7. The molecular weight excluding hydrogens is 371 g/mol. The Hall–Kier alpha value is -2.52. The standard InChI is InChI=1S/C18H21FN4O3S/c1-5-15-21-18(26-22-15)16-11(2)23(4)12(3)17(16)27(24,25)20-10-13-6-8-14(19)9-7-13/h6-9,20H,5,10H2,1-4H3. The molecule has 3 rings (SSSR count). The summed E-state index contributed by atoms with van der Waals surface area (Å²) in [4.78, 5) is 4.40. The summed E-state index contributed by atoms with van der Waals surface area (Å²) in [5, 5.41) is 3.87.